The first-order valence-electron chi connectivity index (χ1n) is 8.73. The fourth-order valence-corrected chi connectivity index (χ4v) is 4.01. The number of nitrogens with one attached hydrogen (secondary N) is 1. The lowest BCUT2D eigenvalue weighted by atomic mass is 10.1. The molecule has 0 spiro atoms. The predicted molar refractivity (Wildman–Crippen MR) is 107 cm³/mol. The SMILES string of the molecule is CC(NC(=O)c1ccc2c(=O)n3c(nc2c1)CCC3)c1ccc(Cl)cc1Cl. The Morgan fingerprint density at radius 1 is 1.22 bits per heavy atom. The van der Waals surface area contributed by atoms with Crippen molar-refractivity contribution in [2.75, 3.05) is 0 Å². The average Bonchev–Trinajstić information content (AvgIpc) is 3.10. The van der Waals surface area contributed by atoms with E-state index in [4.69, 9.17) is 23.2 Å². The molecule has 4 rings (SSSR count). The van der Waals surface area contributed by atoms with Crippen molar-refractivity contribution in [1.82, 2.24) is 14.9 Å². The summed E-state index contributed by atoms with van der Waals surface area (Å²) in [7, 11) is 0. The van der Waals surface area contributed by atoms with Crippen LogP contribution in [0.1, 0.15) is 41.1 Å². The third-order valence-electron chi connectivity index (χ3n) is 4.86. The van der Waals surface area contributed by atoms with Crippen molar-refractivity contribution in [1.29, 1.82) is 0 Å². The lowest BCUT2D eigenvalue weighted by Crippen LogP contribution is -2.27. The molecule has 1 unspecified atom stereocenters. The summed E-state index contributed by atoms with van der Waals surface area (Å²) in [4.78, 5) is 29.8. The molecule has 1 aliphatic heterocycles. The molecule has 1 atom stereocenters. The Morgan fingerprint density at radius 3 is 2.81 bits per heavy atom. The Bertz CT molecular complexity index is 1120. The van der Waals surface area contributed by atoms with E-state index in [1.54, 1.807) is 41.0 Å². The summed E-state index contributed by atoms with van der Waals surface area (Å²) in [6.07, 6.45) is 1.71. The number of hydrogen-bond acceptors (Lipinski definition) is 3. The van der Waals surface area contributed by atoms with Crippen LogP contribution in [0.3, 0.4) is 0 Å². The summed E-state index contributed by atoms with van der Waals surface area (Å²) in [5.74, 6) is 0.532. The molecule has 0 saturated carbocycles. The average molecular weight is 402 g/mol. The zero-order valence-corrected chi connectivity index (χ0v) is 16.1. The number of benzene rings is 2. The van der Waals surface area contributed by atoms with Crippen molar-refractivity contribution in [2.45, 2.75) is 32.4 Å². The quantitative estimate of drug-likeness (QED) is 0.716. The topological polar surface area (TPSA) is 64.0 Å². The van der Waals surface area contributed by atoms with Gasteiger partial charge in [-0.05, 0) is 49.2 Å². The molecular weight excluding hydrogens is 385 g/mol. The second-order valence-corrected chi connectivity index (χ2v) is 7.52. The van der Waals surface area contributed by atoms with Crippen LogP contribution in [0.2, 0.25) is 10.0 Å². The maximum absolute atomic E-state index is 12.7. The van der Waals surface area contributed by atoms with Gasteiger partial charge in [-0.2, -0.15) is 0 Å². The Kier molecular flexibility index (Phi) is 4.66. The molecule has 3 aromatic rings. The van der Waals surface area contributed by atoms with Crippen molar-refractivity contribution in [3.63, 3.8) is 0 Å². The Balaban J connectivity index is 1.63. The molecular formula is C20H17Cl2N3O2. The van der Waals surface area contributed by atoms with E-state index in [2.05, 4.69) is 10.3 Å². The van der Waals surface area contributed by atoms with Crippen LogP contribution in [0.15, 0.2) is 41.2 Å². The highest BCUT2D eigenvalue weighted by molar-refractivity contribution is 6.35. The van der Waals surface area contributed by atoms with Gasteiger partial charge in [-0.25, -0.2) is 4.98 Å². The van der Waals surface area contributed by atoms with E-state index in [-0.39, 0.29) is 17.5 Å². The highest BCUT2D eigenvalue weighted by Crippen LogP contribution is 2.26. The van der Waals surface area contributed by atoms with Gasteiger partial charge in [0.05, 0.1) is 16.9 Å². The molecule has 0 radical (unpaired) electrons. The van der Waals surface area contributed by atoms with Crippen LogP contribution in [0, 0.1) is 0 Å². The third-order valence-corrected chi connectivity index (χ3v) is 5.42. The number of fused-ring (bicyclic) bond motifs is 2. The van der Waals surface area contributed by atoms with E-state index in [0.29, 0.717) is 33.1 Å². The van der Waals surface area contributed by atoms with Gasteiger partial charge in [0.2, 0.25) is 0 Å². The Hall–Kier alpha value is -2.37. The monoisotopic (exact) mass is 401 g/mol. The largest absolute Gasteiger partial charge is 0.345 e. The maximum atomic E-state index is 12.7. The first-order chi connectivity index (χ1) is 12.9. The number of aryl methyl sites for hydroxylation is 1. The van der Waals surface area contributed by atoms with E-state index in [0.717, 1.165) is 24.2 Å². The van der Waals surface area contributed by atoms with E-state index >= 15 is 0 Å². The van der Waals surface area contributed by atoms with Gasteiger partial charge in [0.25, 0.3) is 11.5 Å². The smallest absolute Gasteiger partial charge is 0.261 e. The summed E-state index contributed by atoms with van der Waals surface area (Å²) >= 11 is 12.1. The molecule has 2 aromatic carbocycles. The van der Waals surface area contributed by atoms with E-state index in [1.165, 1.54) is 0 Å². The normalized spacial score (nSPS) is 14.2. The summed E-state index contributed by atoms with van der Waals surface area (Å²) in [5, 5.41) is 4.50. The molecule has 2 heterocycles. The highest BCUT2D eigenvalue weighted by Gasteiger charge is 2.18. The van der Waals surface area contributed by atoms with E-state index in [1.807, 2.05) is 6.92 Å². The van der Waals surface area contributed by atoms with Gasteiger partial charge >= 0.3 is 0 Å². The molecule has 1 N–H and O–H groups in total. The number of nitrogens with zero attached hydrogens (tertiary/aromatic N) is 2. The van der Waals surface area contributed by atoms with Gasteiger partial charge in [0.15, 0.2) is 0 Å². The zero-order chi connectivity index (χ0) is 19.1. The number of carbonyl (C=O) groups is 1. The molecule has 7 heteroatoms. The lowest BCUT2D eigenvalue weighted by molar-refractivity contribution is 0.0940. The minimum absolute atomic E-state index is 0.0410. The van der Waals surface area contributed by atoms with Gasteiger partial charge < -0.3 is 5.32 Å². The number of rotatable bonds is 3. The molecule has 27 heavy (non-hydrogen) atoms. The molecule has 5 nitrogen and oxygen atoms in total. The Morgan fingerprint density at radius 2 is 2.04 bits per heavy atom. The van der Waals surface area contributed by atoms with Gasteiger partial charge in [-0.3, -0.25) is 14.2 Å². The molecule has 138 valence electrons. The van der Waals surface area contributed by atoms with Crippen molar-refractivity contribution in [3.8, 4) is 0 Å². The van der Waals surface area contributed by atoms with Gasteiger partial charge in [-0.15, -0.1) is 0 Å². The Labute approximate surface area is 165 Å². The fourth-order valence-electron chi connectivity index (χ4n) is 3.44. The summed E-state index contributed by atoms with van der Waals surface area (Å²) in [5.41, 5.74) is 1.75. The van der Waals surface area contributed by atoms with Crippen LogP contribution in [-0.4, -0.2) is 15.5 Å². The molecule has 0 saturated heterocycles. The van der Waals surface area contributed by atoms with Crippen LogP contribution >= 0.6 is 23.2 Å². The van der Waals surface area contributed by atoms with E-state index < -0.39 is 0 Å². The van der Waals surface area contributed by atoms with Crippen LogP contribution in [0.25, 0.3) is 10.9 Å². The number of carbonyl (C=O) groups excluding carboxylic acids is 1. The van der Waals surface area contributed by atoms with Gasteiger partial charge in [0.1, 0.15) is 5.82 Å². The summed E-state index contributed by atoms with van der Waals surface area (Å²) < 4.78 is 1.71. The first kappa shape index (κ1) is 18.0. The second-order valence-electron chi connectivity index (χ2n) is 6.68. The summed E-state index contributed by atoms with van der Waals surface area (Å²) in [6.45, 7) is 2.56. The first-order valence-corrected chi connectivity index (χ1v) is 9.49. The van der Waals surface area contributed by atoms with Crippen molar-refractivity contribution in [3.05, 3.63) is 73.7 Å². The third kappa shape index (κ3) is 3.33. The van der Waals surface area contributed by atoms with Crippen molar-refractivity contribution in [2.24, 2.45) is 0 Å². The minimum atomic E-state index is -0.295. The number of aromatic nitrogens is 2. The van der Waals surface area contributed by atoms with Gasteiger partial charge in [-0.1, -0.05) is 29.3 Å². The van der Waals surface area contributed by atoms with Crippen molar-refractivity contribution >= 4 is 40.0 Å². The molecule has 1 amide bonds. The number of hydrogen-bond donors (Lipinski definition) is 1. The van der Waals surface area contributed by atoms with Crippen LogP contribution in [0.4, 0.5) is 0 Å². The lowest BCUT2D eigenvalue weighted by Gasteiger charge is -2.16. The summed E-state index contributed by atoms with van der Waals surface area (Å²) in [6, 6.07) is 9.87. The second kappa shape index (κ2) is 6.98. The zero-order valence-electron chi connectivity index (χ0n) is 14.6. The van der Waals surface area contributed by atoms with Gasteiger partial charge in [0, 0.05) is 28.6 Å². The van der Waals surface area contributed by atoms with Crippen LogP contribution < -0.4 is 10.9 Å². The van der Waals surface area contributed by atoms with Crippen LogP contribution in [0.5, 0.6) is 0 Å². The van der Waals surface area contributed by atoms with E-state index in [9.17, 15) is 9.59 Å². The molecule has 0 bridgehead atoms. The fraction of sp³-hybridized carbons (Fsp3) is 0.250. The molecule has 1 aliphatic rings. The maximum Gasteiger partial charge on any atom is 0.261 e. The molecule has 1 aromatic heterocycles. The van der Waals surface area contributed by atoms with Crippen LogP contribution in [-0.2, 0) is 13.0 Å². The standard InChI is InChI=1S/C20H17Cl2N3O2/c1-11(14-7-5-13(21)10-16(14)22)23-19(26)12-4-6-15-17(9-12)24-18-3-2-8-25(18)20(15)27/h4-7,9-11H,2-3,8H2,1H3,(H,23,26). The molecule has 0 aliphatic carbocycles. The predicted octanol–water partition coefficient (Wildman–Crippen LogP) is 4.14. The van der Waals surface area contributed by atoms with Crippen molar-refractivity contribution < 1.29 is 4.79 Å². The minimum Gasteiger partial charge on any atom is -0.345 e. The number of halogens is 2. The molecule has 0 fully saturated rings. The number of amides is 1. The highest BCUT2D eigenvalue weighted by atomic mass is 35.5.